The molecule has 0 aromatic carbocycles. The second-order valence-electron chi connectivity index (χ2n) is 5.27. The Morgan fingerprint density at radius 1 is 1.33 bits per heavy atom. The SMILES string of the molecule is CCCNC(CC(C)C)c1cnn2ccccc12. The molecular weight excluding hydrogens is 222 g/mol. The molecule has 0 spiro atoms. The number of rotatable bonds is 6. The first-order chi connectivity index (χ1) is 8.72. The molecule has 0 radical (unpaired) electrons. The van der Waals surface area contributed by atoms with E-state index in [0.29, 0.717) is 12.0 Å². The zero-order valence-corrected chi connectivity index (χ0v) is 11.6. The highest BCUT2D eigenvalue weighted by atomic mass is 15.2. The number of aromatic nitrogens is 2. The molecule has 1 N–H and O–H groups in total. The topological polar surface area (TPSA) is 29.3 Å². The van der Waals surface area contributed by atoms with Crippen LogP contribution in [0.1, 0.15) is 45.2 Å². The average Bonchev–Trinajstić information content (AvgIpc) is 2.78. The minimum atomic E-state index is 0.407. The minimum Gasteiger partial charge on any atom is -0.310 e. The zero-order chi connectivity index (χ0) is 13.0. The molecule has 0 aliphatic heterocycles. The van der Waals surface area contributed by atoms with Crippen LogP contribution in [0.2, 0.25) is 0 Å². The molecule has 3 heteroatoms. The summed E-state index contributed by atoms with van der Waals surface area (Å²) in [7, 11) is 0. The molecule has 98 valence electrons. The number of hydrogen-bond acceptors (Lipinski definition) is 2. The largest absolute Gasteiger partial charge is 0.310 e. The predicted octanol–water partition coefficient (Wildman–Crippen LogP) is 3.42. The fraction of sp³-hybridized carbons (Fsp3) is 0.533. The van der Waals surface area contributed by atoms with Crippen molar-refractivity contribution < 1.29 is 0 Å². The minimum absolute atomic E-state index is 0.407. The van der Waals surface area contributed by atoms with Crippen LogP contribution in [0.3, 0.4) is 0 Å². The van der Waals surface area contributed by atoms with Crippen molar-refractivity contribution in [1.29, 1.82) is 0 Å². The van der Waals surface area contributed by atoms with Crippen molar-refractivity contribution in [2.24, 2.45) is 5.92 Å². The summed E-state index contributed by atoms with van der Waals surface area (Å²) in [5.41, 5.74) is 2.53. The summed E-state index contributed by atoms with van der Waals surface area (Å²) in [6.07, 6.45) is 6.32. The Bertz CT molecular complexity index is 487. The summed E-state index contributed by atoms with van der Waals surface area (Å²) in [6.45, 7) is 7.80. The number of nitrogens with zero attached hydrogens (tertiary/aromatic N) is 2. The second-order valence-corrected chi connectivity index (χ2v) is 5.27. The van der Waals surface area contributed by atoms with Gasteiger partial charge in [-0.1, -0.05) is 26.8 Å². The molecule has 1 unspecified atom stereocenters. The number of hydrogen-bond donors (Lipinski definition) is 1. The molecule has 0 bridgehead atoms. The number of pyridine rings is 1. The summed E-state index contributed by atoms with van der Waals surface area (Å²) in [5.74, 6) is 0.679. The van der Waals surface area contributed by atoms with E-state index in [0.717, 1.165) is 19.4 Å². The maximum atomic E-state index is 4.43. The van der Waals surface area contributed by atoms with E-state index in [-0.39, 0.29) is 0 Å². The molecule has 2 heterocycles. The normalized spacial score (nSPS) is 13.3. The Labute approximate surface area is 109 Å². The smallest absolute Gasteiger partial charge is 0.0709 e. The van der Waals surface area contributed by atoms with Gasteiger partial charge in [0.25, 0.3) is 0 Å². The van der Waals surface area contributed by atoms with Gasteiger partial charge in [-0.25, -0.2) is 4.52 Å². The highest BCUT2D eigenvalue weighted by Crippen LogP contribution is 2.24. The highest BCUT2D eigenvalue weighted by Gasteiger charge is 2.16. The van der Waals surface area contributed by atoms with E-state index in [1.54, 1.807) is 0 Å². The van der Waals surface area contributed by atoms with Gasteiger partial charge < -0.3 is 5.32 Å². The molecule has 2 aromatic heterocycles. The van der Waals surface area contributed by atoms with E-state index in [1.807, 2.05) is 23.0 Å². The van der Waals surface area contributed by atoms with Crippen molar-refractivity contribution in [3.8, 4) is 0 Å². The molecule has 0 saturated heterocycles. The van der Waals surface area contributed by atoms with E-state index in [9.17, 15) is 0 Å². The van der Waals surface area contributed by atoms with Gasteiger partial charge in [-0.05, 0) is 37.4 Å². The van der Waals surface area contributed by atoms with E-state index in [1.165, 1.54) is 11.1 Å². The third-order valence-electron chi connectivity index (χ3n) is 3.18. The molecule has 2 aromatic rings. The molecule has 3 nitrogen and oxygen atoms in total. The van der Waals surface area contributed by atoms with Gasteiger partial charge in [-0.3, -0.25) is 0 Å². The fourth-order valence-electron chi connectivity index (χ4n) is 2.33. The molecule has 0 fully saturated rings. The maximum absolute atomic E-state index is 4.43. The van der Waals surface area contributed by atoms with E-state index >= 15 is 0 Å². The average molecular weight is 245 g/mol. The molecule has 18 heavy (non-hydrogen) atoms. The summed E-state index contributed by atoms with van der Waals surface area (Å²) >= 11 is 0. The summed E-state index contributed by atoms with van der Waals surface area (Å²) in [6, 6.07) is 6.64. The first-order valence-corrected chi connectivity index (χ1v) is 6.88. The van der Waals surface area contributed by atoms with Crippen molar-refractivity contribution in [2.75, 3.05) is 6.54 Å². The molecule has 1 atom stereocenters. The Kier molecular flexibility index (Phi) is 4.37. The van der Waals surface area contributed by atoms with Crippen LogP contribution in [0.15, 0.2) is 30.6 Å². The molecule has 0 amide bonds. The van der Waals surface area contributed by atoms with E-state index in [2.05, 4.69) is 43.3 Å². The van der Waals surface area contributed by atoms with Crippen molar-refractivity contribution in [1.82, 2.24) is 14.9 Å². The van der Waals surface area contributed by atoms with Gasteiger partial charge in [0, 0.05) is 17.8 Å². The quantitative estimate of drug-likeness (QED) is 0.845. The van der Waals surface area contributed by atoms with Gasteiger partial charge in [-0.2, -0.15) is 5.10 Å². The third-order valence-corrected chi connectivity index (χ3v) is 3.18. The highest BCUT2D eigenvalue weighted by molar-refractivity contribution is 5.54. The van der Waals surface area contributed by atoms with Gasteiger partial charge in [-0.15, -0.1) is 0 Å². The van der Waals surface area contributed by atoms with E-state index < -0.39 is 0 Å². The summed E-state index contributed by atoms with van der Waals surface area (Å²) in [5, 5.41) is 8.07. The van der Waals surface area contributed by atoms with Crippen molar-refractivity contribution in [2.45, 2.75) is 39.7 Å². The number of fused-ring (bicyclic) bond motifs is 1. The Hall–Kier alpha value is -1.35. The van der Waals surface area contributed by atoms with E-state index in [4.69, 9.17) is 0 Å². The van der Waals surface area contributed by atoms with Crippen LogP contribution >= 0.6 is 0 Å². The fourth-order valence-corrected chi connectivity index (χ4v) is 2.33. The lowest BCUT2D eigenvalue weighted by atomic mass is 9.98. The standard InChI is InChI=1S/C15H23N3/c1-4-8-16-14(10-12(2)3)13-11-17-18-9-6-5-7-15(13)18/h5-7,9,11-12,14,16H,4,8,10H2,1-3H3. The predicted molar refractivity (Wildman–Crippen MR) is 75.7 cm³/mol. The Morgan fingerprint density at radius 2 is 2.17 bits per heavy atom. The lowest BCUT2D eigenvalue weighted by Crippen LogP contribution is -2.23. The van der Waals surface area contributed by atoms with Gasteiger partial charge >= 0.3 is 0 Å². The van der Waals surface area contributed by atoms with Crippen LogP contribution in [0.25, 0.3) is 5.52 Å². The first-order valence-electron chi connectivity index (χ1n) is 6.88. The van der Waals surface area contributed by atoms with Crippen LogP contribution in [-0.2, 0) is 0 Å². The molecule has 0 aliphatic rings. The van der Waals surface area contributed by atoms with Crippen molar-refractivity contribution in [3.63, 3.8) is 0 Å². The van der Waals surface area contributed by atoms with Gasteiger partial charge in [0.15, 0.2) is 0 Å². The lowest BCUT2D eigenvalue weighted by Gasteiger charge is -2.19. The Morgan fingerprint density at radius 3 is 2.89 bits per heavy atom. The van der Waals surface area contributed by atoms with Crippen LogP contribution in [-0.4, -0.2) is 16.2 Å². The van der Waals surface area contributed by atoms with Crippen molar-refractivity contribution in [3.05, 3.63) is 36.2 Å². The molecule has 0 aliphatic carbocycles. The molecule has 2 rings (SSSR count). The van der Waals surface area contributed by atoms with Crippen LogP contribution in [0.4, 0.5) is 0 Å². The lowest BCUT2D eigenvalue weighted by molar-refractivity contribution is 0.432. The van der Waals surface area contributed by atoms with Gasteiger partial charge in [0.05, 0.1) is 11.7 Å². The molecule has 0 saturated carbocycles. The van der Waals surface area contributed by atoms with Gasteiger partial charge in [0.1, 0.15) is 0 Å². The summed E-state index contributed by atoms with van der Waals surface area (Å²) in [4.78, 5) is 0. The zero-order valence-electron chi connectivity index (χ0n) is 11.6. The summed E-state index contributed by atoms with van der Waals surface area (Å²) < 4.78 is 1.95. The van der Waals surface area contributed by atoms with Crippen molar-refractivity contribution >= 4 is 5.52 Å². The second kappa shape index (κ2) is 6.01. The maximum Gasteiger partial charge on any atom is 0.0709 e. The number of nitrogens with one attached hydrogen (secondary N) is 1. The third kappa shape index (κ3) is 2.91. The van der Waals surface area contributed by atoms with Crippen LogP contribution < -0.4 is 5.32 Å². The monoisotopic (exact) mass is 245 g/mol. The Balaban J connectivity index is 2.28. The van der Waals surface area contributed by atoms with Crippen LogP contribution in [0, 0.1) is 5.92 Å². The van der Waals surface area contributed by atoms with Gasteiger partial charge in [0.2, 0.25) is 0 Å². The molecular formula is C15H23N3. The van der Waals surface area contributed by atoms with Crippen LogP contribution in [0.5, 0.6) is 0 Å². The first kappa shape index (κ1) is 13.1.